The van der Waals surface area contributed by atoms with Gasteiger partial charge in [-0.15, -0.1) is 11.8 Å². The second-order valence-corrected chi connectivity index (χ2v) is 7.82. The number of aromatic nitrogens is 1. The number of nitrogens with zero attached hydrogens (tertiary/aromatic N) is 2. The highest BCUT2D eigenvalue weighted by molar-refractivity contribution is 8.00. The number of nitrogens with one attached hydrogen (secondary N) is 1. The quantitative estimate of drug-likeness (QED) is 0.661. The highest BCUT2D eigenvalue weighted by Crippen LogP contribution is 2.27. The van der Waals surface area contributed by atoms with E-state index in [1.807, 2.05) is 18.4 Å². The molecule has 2 rings (SSSR count). The molecule has 0 spiro atoms. The van der Waals surface area contributed by atoms with E-state index in [4.69, 9.17) is 4.74 Å². The number of ether oxygens (including phenoxy) is 1. The van der Waals surface area contributed by atoms with Gasteiger partial charge in [0.05, 0.1) is 23.2 Å². The van der Waals surface area contributed by atoms with E-state index in [9.17, 15) is 19.2 Å². The third-order valence-corrected chi connectivity index (χ3v) is 5.18. The second-order valence-electron chi connectivity index (χ2n) is 6.84. The summed E-state index contributed by atoms with van der Waals surface area (Å²) < 4.78 is 20.0. The van der Waals surface area contributed by atoms with Crippen LogP contribution in [0.2, 0.25) is 0 Å². The zero-order valence-corrected chi connectivity index (χ0v) is 17.7. The molecule has 29 heavy (non-hydrogen) atoms. The van der Waals surface area contributed by atoms with Crippen molar-refractivity contribution in [3.8, 4) is 6.07 Å². The zero-order valence-electron chi connectivity index (χ0n) is 16.9. The number of carbonyl (C=O) groups is 2. The lowest BCUT2D eigenvalue weighted by Gasteiger charge is -2.13. The van der Waals surface area contributed by atoms with E-state index in [0.29, 0.717) is 17.9 Å². The molecule has 154 valence electrons. The van der Waals surface area contributed by atoms with Gasteiger partial charge in [-0.2, -0.15) is 5.26 Å². The van der Waals surface area contributed by atoms with E-state index in [0.717, 1.165) is 28.6 Å². The molecule has 0 radical (unpaired) electrons. The SMILES string of the molecule is Cc1c(C#N)c(NC(=O)CSCC(=O)OC(C)C)n(Cc2ccc(F)cc2)c1C. The molecule has 1 N–H and O–H groups in total. The maximum absolute atomic E-state index is 13.2. The van der Waals surface area contributed by atoms with Crippen molar-refractivity contribution < 1.29 is 18.7 Å². The minimum absolute atomic E-state index is 0.0535. The van der Waals surface area contributed by atoms with E-state index in [1.165, 1.54) is 12.1 Å². The number of anilines is 1. The van der Waals surface area contributed by atoms with Crippen LogP contribution >= 0.6 is 11.8 Å². The summed E-state index contributed by atoms with van der Waals surface area (Å²) in [5.41, 5.74) is 2.85. The van der Waals surface area contributed by atoms with Gasteiger partial charge in [-0.3, -0.25) is 9.59 Å². The first-order chi connectivity index (χ1) is 13.7. The number of hydrogen-bond acceptors (Lipinski definition) is 5. The molecule has 0 atom stereocenters. The Morgan fingerprint density at radius 3 is 2.48 bits per heavy atom. The van der Waals surface area contributed by atoms with Crippen LogP contribution in [0.5, 0.6) is 0 Å². The van der Waals surface area contributed by atoms with E-state index < -0.39 is 0 Å². The number of benzene rings is 1. The molecule has 0 fully saturated rings. The summed E-state index contributed by atoms with van der Waals surface area (Å²) in [5.74, 6) is -0.484. The number of esters is 1. The lowest BCUT2D eigenvalue weighted by Crippen LogP contribution is -2.20. The van der Waals surface area contributed by atoms with Crippen LogP contribution < -0.4 is 5.32 Å². The van der Waals surface area contributed by atoms with Crippen LogP contribution in [-0.4, -0.2) is 34.1 Å². The largest absolute Gasteiger partial charge is 0.462 e. The predicted octanol–water partition coefficient (Wildman–Crippen LogP) is 3.79. The highest BCUT2D eigenvalue weighted by atomic mass is 32.2. The van der Waals surface area contributed by atoms with Crippen LogP contribution in [0, 0.1) is 31.0 Å². The van der Waals surface area contributed by atoms with Gasteiger partial charge in [0.15, 0.2) is 0 Å². The van der Waals surface area contributed by atoms with Crippen LogP contribution in [0.1, 0.15) is 36.2 Å². The molecule has 1 aromatic carbocycles. The van der Waals surface area contributed by atoms with Crippen LogP contribution in [0.25, 0.3) is 0 Å². The Balaban J connectivity index is 2.13. The van der Waals surface area contributed by atoms with Crippen LogP contribution in [0.15, 0.2) is 24.3 Å². The first-order valence-corrected chi connectivity index (χ1v) is 10.3. The normalized spacial score (nSPS) is 10.7. The molecule has 6 nitrogen and oxygen atoms in total. The van der Waals surface area contributed by atoms with Gasteiger partial charge in [-0.25, -0.2) is 4.39 Å². The third kappa shape index (κ3) is 6.09. The Hall–Kier alpha value is -2.79. The molecular formula is C21H24FN3O3S. The Morgan fingerprint density at radius 2 is 1.90 bits per heavy atom. The van der Waals surface area contributed by atoms with Gasteiger partial charge in [0.2, 0.25) is 5.91 Å². The lowest BCUT2D eigenvalue weighted by atomic mass is 10.2. The average Bonchev–Trinajstić information content (AvgIpc) is 2.86. The number of halogens is 1. The van der Waals surface area contributed by atoms with Crippen molar-refractivity contribution in [1.82, 2.24) is 4.57 Å². The van der Waals surface area contributed by atoms with E-state index in [-0.39, 0.29) is 35.3 Å². The standard InChI is InChI=1S/C21H24FN3O3S/c1-13(2)28-20(27)12-29-11-19(26)24-21-18(9-23)14(3)15(4)25(21)10-16-5-7-17(22)8-6-16/h5-8,13H,10-12H2,1-4H3,(H,24,26). The van der Waals surface area contributed by atoms with E-state index >= 15 is 0 Å². The monoisotopic (exact) mass is 417 g/mol. The van der Waals surface area contributed by atoms with Crippen LogP contribution in [0.4, 0.5) is 10.2 Å². The summed E-state index contributed by atoms with van der Waals surface area (Å²) >= 11 is 1.15. The number of amides is 1. The van der Waals surface area contributed by atoms with Gasteiger partial charge in [-0.1, -0.05) is 12.1 Å². The molecule has 1 amide bonds. The molecule has 0 unspecified atom stereocenters. The number of nitriles is 1. The van der Waals surface area contributed by atoms with Gasteiger partial charge in [-0.05, 0) is 51.0 Å². The molecule has 0 aliphatic carbocycles. The molecule has 0 aliphatic rings. The Bertz CT molecular complexity index is 930. The van der Waals surface area contributed by atoms with Crippen molar-refractivity contribution >= 4 is 29.5 Å². The number of rotatable bonds is 8. The fourth-order valence-corrected chi connectivity index (χ4v) is 3.39. The Kier molecular flexibility index (Phi) is 7.85. The Morgan fingerprint density at radius 1 is 1.24 bits per heavy atom. The van der Waals surface area contributed by atoms with E-state index in [2.05, 4.69) is 11.4 Å². The predicted molar refractivity (Wildman–Crippen MR) is 111 cm³/mol. The van der Waals surface area contributed by atoms with E-state index in [1.54, 1.807) is 26.0 Å². The molecule has 1 aromatic heterocycles. The summed E-state index contributed by atoms with van der Waals surface area (Å²) in [5, 5.41) is 12.3. The molecule has 0 bridgehead atoms. The minimum Gasteiger partial charge on any atom is -0.462 e. The second kappa shape index (κ2) is 10.1. The van der Waals surface area contributed by atoms with Crippen LogP contribution in [0.3, 0.4) is 0 Å². The van der Waals surface area contributed by atoms with Crippen molar-refractivity contribution in [2.45, 2.75) is 40.3 Å². The zero-order chi connectivity index (χ0) is 21.6. The van der Waals surface area contributed by atoms with Crippen molar-refractivity contribution in [2.75, 3.05) is 16.8 Å². The summed E-state index contributed by atoms with van der Waals surface area (Å²) in [6, 6.07) is 8.22. The first-order valence-electron chi connectivity index (χ1n) is 9.14. The molecule has 1 heterocycles. The molecule has 2 aromatic rings. The molecule has 0 saturated carbocycles. The van der Waals surface area contributed by atoms with Gasteiger partial charge in [0.1, 0.15) is 17.7 Å². The van der Waals surface area contributed by atoms with Gasteiger partial charge in [0, 0.05) is 12.2 Å². The number of thioether (sulfide) groups is 1. The van der Waals surface area contributed by atoms with Crippen molar-refractivity contribution in [2.24, 2.45) is 0 Å². The maximum atomic E-state index is 13.2. The average molecular weight is 418 g/mol. The number of carbonyl (C=O) groups excluding carboxylic acids is 2. The number of hydrogen-bond donors (Lipinski definition) is 1. The molecule has 0 aliphatic heterocycles. The minimum atomic E-state index is -0.373. The van der Waals surface area contributed by atoms with Crippen LogP contribution in [-0.2, 0) is 20.9 Å². The van der Waals surface area contributed by atoms with Gasteiger partial charge < -0.3 is 14.6 Å². The lowest BCUT2D eigenvalue weighted by molar-refractivity contribution is -0.144. The summed E-state index contributed by atoms with van der Waals surface area (Å²) in [6.45, 7) is 7.60. The molecule has 0 saturated heterocycles. The smallest absolute Gasteiger partial charge is 0.316 e. The highest BCUT2D eigenvalue weighted by Gasteiger charge is 2.20. The fraction of sp³-hybridized carbons (Fsp3) is 0.381. The first kappa shape index (κ1) is 22.5. The maximum Gasteiger partial charge on any atom is 0.316 e. The summed E-state index contributed by atoms with van der Waals surface area (Å²) in [6.07, 6.45) is -0.198. The molecular weight excluding hydrogens is 393 g/mol. The topological polar surface area (TPSA) is 84.1 Å². The fourth-order valence-electron chi connectivity index (χ4n) is 2.79. The third-order valence-electron chi connectivity index (χ3n) is 4.27. The van der Waals surface area contributed by atoms with Gasteiger partial charge in [0.25, 0.3) is 0 Å². The van der Waals surface area contributed by atoms with Crippen molar-refractivity contribution in [3.05, 3.63) is 52.5 Å². The summed E-state index contributed by atoms with van der Waals surface area (Å²) in [7, 11) is 0. The van der Waals surface area contributed by atoms with Crippen molar-refractivity contribution in [1.29, 1.82) is 5.26 Å². The van der Waals surface area contributed by atoms with Crippen molar-refractivity contribution in [3.63, 3.8) is 0 Å². The van der Waals surface area contributed by atoms with Gasteiger partial charge >= 0.3 is 5.97 Å². The summed E-state index contributed by atoms with van der Waals surface area (Å²) in [4.78, 5) is 24.0. The molecule has 8 heteroatoms. The Labute approximate surface area is 174 Å².